The van der Waals surface area contributed by atoms with E-state index in [0.29, 0.717) is 5.75 Å². The minimum absolute atomic E-state index is 0. The minimum Gasteiger partial charge on any atom is -0.550 e. The first kappa shape index (κ1) is 33.3. The van der Waals surface area contributed by atoms with Gasteiger partial charge in [0.1, 0.15) is 5.60 Å². The van der Waals surface area contributed by atoms with E-state index in [2.05, 4.69) is 12.6 Å². The van der Waals surface area contributed by atoms with Crippen molar-refractivity contribution >= 4 is 30.5 Å². The zero-order valence-corrected chi connectivity index (χ0v) is 18.5. The molecule has 0 amide bonds. The number of thiol groups is 1. The van der Waals surface area contributed by atoms with Crippen molar-refractivity contribution in [3.63, 3.8) is 0 Å². The van der Waals surface area contributed by atoms with E-state index in [1.54, 1.807) is 0 Å². The molecule has 0 atom stereocenters. The number of carbonyl (C=O) groups excluding carboxylic acids is 3. The predicted molar refractivity (Wildman–Crippen MR) is 50.1 cm³/mol. The summed E-state index contributed by atoms with van der Waals surface area (Å²) in [6, 6.07) is 0. The van der Waals surface area contributed by atoms with Crippen LogP contribution in [0.25, 0.3) is 0 Å². The summed E-state index contributed by atoms with van der Waals surface area (Å²) in [6.45, 7) is 0.184. The summed E-state index contributed by atoms with van der Waals surface area (Å²) in [4.78, 5) is 30.0. The van der Waals surface area contributed by atoms with Crippen molar-refractivity contribution < 1.29 is 129 Å². The van der Waals surface area contributed by atoms with Crippen LogP contribution in [0.4, 0.5) is 0 Å². The molecule has 0 aliphatic rings. The van der Waals surface area contributed by atoms with E-state index in [1.165, 1.54) is 0 Å². The fourth-order valence-electron chi connectivity index (χ4n) is 0.684. The molecule has 0 radical (unpaired) electrons. The van der Waals surface area contributed by atoms with Gasteiger partial charge < -0.3 is 39.9 Å². The first-order valence-electron chi connectivity index (χ1n) is 4.25. The van der Waals surface area contributed by atoms with Gasteiger partial charge >= 0.3 is 88.7 Å². The summed E-state index contributed by atoms with van der Waals surface area (Å²) in [6.07, 6.45) is -2.72. The second kappa shape index (κ2) is 18.7. The average molecular weight is 336 g/mol. The Morgan fingerprint density at radius 3 is 1.30 bits per heavy atom. The molecule has 0 unspecified atom stereocenters. The molecule has 12 heteroatoms. The van der Waals surface area contributed by atoms with Crippen molar-refractivity contribution in [2.75, 3.05) is 12.4 Å². The molecule has 0 heterocycles. The van der Waals surface area contributed by atoms with Crippen molar-refractivity contribution in [1.82, 2.24) is 0 Å². The number of carboxylic acids is 3. The van der Waals surface area contributed by atoms with Gasteiger partial charge in [0.2, 0.25) is 0 Å². The molecule has 0 rings (SSSR count). The van der Waals surface area contributed by atoms with Gasteiger partial charge in [-0.2, -0.15) is 12.6 Å². The number of carboxylic acid groups (broad SMARTS) is 3. The zero-order valence-electron chi connectivity index (χ0n) is 11.6. The Bertz CT molecular complexity index is 271. The fourth-order valence-corrected chi connectivity index (χ4v) is 0.684. The Morgan fingerprint density at radius 1 is 0.950 bits per heavy atom. The minimum atomic E-state index is -2.97. The summed E-state index contributed by atoms with van der Waals surface area (Å²) in [7, 11) is 0. The van der Waals surface area contributed by atoms with Gasteiger partial charge in [-0.1, -0.05) is 0 Å². The molecule has 2 N–H and O–H groups in total. The average Bonchev–Trinajstić information content (AvgIpc) is 2.15. The molecular weight excluding hydrogens is 325 g/mol. The Kier molecular flexibility index (Phi) is 31.2. The maximum absolute atomic E-state index is 10.1. The molecule has 0 aromatic carbocycles. The van der Waals surface area contributed by atoms with E-state index in [-0.39, 0.29) is 95.3 Å². The van der Waals surface area contributed by atoms with Crippen molar-refractivity contribution in [3.8, 4) is 0 Å². The summed E-state index contributed by atoms with van der Waals surface area (Å²) in [5, 5.41) is 46.7. The number of hydrogen-bond donors (Lipinski definition) is 3. The molecule has 0 aliphatic heterocycles. The molecule has 0 saturated carbocycles. The van der Waals surface area contributed by atoms with E-state index in [9.17, 15) is 29.7 Å². The van der Waals surface area contributed by atoms with Gasteiger partial charge in [-0.15, -0.1) is 0 Å². The number of hydrogen-bond acceptors (Lipinski definition) is 9. The fraction of sp³-hybridized carbons (Fsp3) is 0.625. The normalized spacial score (nSPS) is 8.55. The Morgan fingerprint density at radius 2 is 1.20 bits per heavy atom. The first-order valence-corrected chi connectivity index (χ1v) is 4.88. The quantitative estimate of drug-likeness (QED) is 0.318. The van der Waals surface area contributed by atoms with Crippen LogP contribution in [0.5, 0.6) is 0 Å². The number of aliphatic hydroxyl groups is 2. The number of rotatable bonds is 6. The Hall–Kier alpha value is 1.68. The van der Waals surface area contributed by atoms with Crippen molar-refractivity contribution in [2.24, 2.45) is 0 Å². The van der Waals surface area contributed by atoms with Crippen LogP contribution in [0.15, 0.2) is 0 Å². The monoisotopic (exact) mass is 336 g/mol. The Balaban J connectivity index is -0.0000000951. The van der Waals surface area contributed by atoms with E-state index in [0.717, 1.165) is 0 Å². The van der Waals surface area contributed by atoms with Gasteiger partial charge in [0.25, 0.3) is 0 Å². The maximum Gasteiger partial charge on any atom is 1.00 e. The zero-order chi connectivity index (χ0) is 14.1. The molecule has 0 fully saturated rings. The smallest absolute Gasteiger partial charge is 0.550 e. The first-order chi connectivity index (χ1) is 7.69. The van der Waals surface area contributed by atoms with Crippen LogP contribution >= 0.6 is 12.6 Å². The van der Waals surface area contributed by atoms with E-state index >= 15 is 0 Å². The second-order valence-electron chi connectivity index (χ2n) is 2.86. The largest absolute Gasteiger partial charge is 1.00 e. The maximum atomic E-state index is 10.1. The standard InChI is InChI=1S/C6H8O7.C2H6OS.3Na/c7-3(8)1-6(13,5(11)12)2-4(9)10;3-1-2-4;;;/h13H,1-2H2,(H,7,8)(H,9,10)(H,11,12);3-4H,1-2H2;;;/q;;3*+1/p-3. The van der Waals surface area contributed by atoms with E-state index in [4.69, 9.17) is 10.2 Å². The van der Waals surface area contributed by atoms with Crippen molar-refractivity contribution in [3.05, 3.63) is 0 Å². The van der Waals surface area contributed by atoms with Crippen LogP contribution in [0.2, 0.25) is 0 Å². The van der Waals surface area contributed by atoms with Gasteiger partial charge in [-0.3, -0.25) is 0 Å². The van der Waals surface area contributed by atoms with Crippen LogP contribution in [-0.4, -0.2) is 46.1 Å². The predicted octanol–water partition coefficient (Wildman–Crippen LogP) is -14.3. The number of aliphatic carboxylic acids is 3. The van der Waals surface area contributed by atoms with Crippen LogP contribution < -0.4 is 104 Å². The molecule has 0 aromatic heterocycles. The topological polar surface area (TPSA) is 161 Å². The molecule has 20 heavy (non-hydrogen) atoms. The van der Waals surface area contributed by atoms with E-state index in [1.807, 2.05) is 0 Å². The summed E-state index contributed by atoms with van der Waals surface area (Å²) >= 11 is 3.67. The van der Waals surface area contributed by atoms with Gasteiger partial charge in [0.15, 0.2) is 0 Å². The SMILES string of the molecule is O=C([O-])CC(O)(CC(=O)[O-])C(=O)[O-].OCCS.[Na+].[Na+].[Na+]. The molecule has 8 nitrogen and oxygen atoms in total. The van der Waals surface area contributed by atoms with Crippen LogP contribution in [0, 0.1) is 0 Å². The molecule has 0 saturated heterocycles. The van der Waals surface area contributed by atoms with Gasteiger partial charge in [0, 0.05) is 30.5 Å². The van der Waals surface area contributed by atoms with E-state index < -0.39 is 36.4 Å². The van der Waals surface area contributed by atoms with Crippen molar-refractivity contribution in [1.29, 1.82) is 0 Å². The molecule has 0 aromatic rings. The molecule has 100 valence electrons. The second-order valence-corrected chi connectivity index (χ2v) is 3.31. The van der Waals surface area contributed by atoms with Gasteiger partial charge in [-0.25, -0.2) is 0 Å². The molecule has 0 bridgehead atoms. The Labute approximate surface area is 187 Å². The van der Waals surface area contributed by atoms with Crippen LogP contribution in [0.1, 0.15) is 12.8 Å². The van der Waals surface area contributed by atoms with Gasteiger partial charge in [-0.05, 0) is 0 Å². The third kappa shape index (κ3) is 19.7. The summed E-state index contributed by atoms with van der Waals surface area (Å²) in [5.41, 5.74) is -2.97. The number of carbonyl (C=O) groups is 3. The van der Waals surface area contributed by atoms with Gasteiger partial charge in [0.05, 0.1) is 12.6 Å². The van der Waals surface area contributed by atoms with Crippen LogP contribution in [-0.2, 0) is 14.4 Å². The van der Waals surface area contributed by atoms with Crippen LogP contribution in [0.3, 0.4) is 0 Å². The number of aliphatic hydroxyl groups excluding tert-OH is 1. The molecule has 0 aliphatic carbocycles. The summed E-state index contributed by atoms with van der Waals surface area (Å²) < 4.78 is 0. The van der Waals surface area contributed by atoms with Crippen molar-refractivity contribution in [2.45, 2.75) is 18.4 Å². The third-order valence-electron chi connectivity index (χ3n) is 1.35. The summed E-state index contributed by atoms with van der Waals surface area (Å²) in [5.74, 6) is -5.41. The molecule has 0 spiro atoms. The molecular formula is C8H11Na3O8S. The third-order valence-corrected chi connectivity index (χ3v) is 1.55.